The molecule has 0 saturated carbocycles. The van der Waals surface area contributed by atoms with Crippen molar-refractivity contribution in [3.8, 4) is 34.5 Å². The minimum Gasteiger partial charge on any atom is -0.872 e. The Morgan fingerprint density at radius 3 is 1.29 bits per heavy atom. The number of rotatable bonds is 26. The van der Waals surface area contributed by atoms with E-state index in [-0.39, 0.29) is 71.2 Å². The molecule has 2 N–H and O–H groups in total. The van der Waals surface area contributed by atoms with Gasteiger partial charge in [-0.3, -0.25) is 4.55 Å². The van der Waals surface area contributed by atoms with E-state index in [1.807, 2.05) is 6.07 Å². The second-order valence-corrected chi connectivity index (χ2v) is 17.4. The van der Waals surface area contributed by atoms with E-state index in [4.69, 9.17) is 9.47 Å². The normalized spacial score (nSPS) is 11.3. The Morgan fingerprint density at radius 2 is 0.898 bits per heavy atom. The molecule has 4 aromatic rings. The monoisotopic (exact) mass is 878 g/mol. The second kappa shape index (κ2) is 28.6. The van der Waals surface area contributed by atoms with E-state index in [1.54, 1.807) is 54.6 Å². The summed E-state index contributed by atoms with van der Waals surface area (Å²) in [5, 5.41) is 22.1. The maximum Gasteiger partial charge on any atom is 2.00 e. The summed E-state index contributed by atoms with van der Waals surface area (Å²) in [6, 6.07) is 22.1. The predicted octanol–water partition coefficient (Wildman–Crippen LogP) is 11.7. The first-order valence-electron chi connectivity index (χ1n) is 20.9. The van der Waals surface area contributed by atoms with Crippen molar-refractivity contribution in [3.05, 3.63) is 96.1 Å². The van der Waals surface area contributed by atoms with Gasteiger partial charge in [-0.2, -0.15) is 8.42 Å². The van der Waals surface area contributed by atoms with Gasteiger partial charge in [0, 0.05) is 6.07 Å². The van der Waals surface area contributed by atoms with Crippen LogP contribution in [0.25, 0.3) is 0 Å². The van der Waals surface area contributed by atoms with Gasteiger partial charge in [0.2, 0.25) is 0 Å². The zero-order valence-electron chi connectivity index (χ0n) is 34.9. The minimum absolute atomic E-state index is 0. The Balaban J connectivity index is 0.000000400. The van der Waals surface area contributed by atoms with Crippen LogP contribution in [-0.4, -0.2) is 68.8 Å². The van der Waals surface area contributed by atoms with Gasteiger partial charge in [-0.15, -0.1) is 5.75 Å². The fourth-order valence-corrected chi connectivity index (χ4v) is 8.53. The Hall–Kier alpha value is -2.84. The number of ether oxygens (including phenoxy) is 2. The zero-order valence-corrected chi connectivity index (χ0v) is 38.8. The van der Waals surface area contributed by atoms with Gasteiger partial charge >= 0.3 is 37.7 Å². The third-order valence-electron chi connectivity index (χ3n) is 9.77. The number of benzene rings is 4. The van der Waals surface area contributed by atoms with Crippen LogP contribution in [0.5, 0.6) is 34.5 Å². The van der Waals surface area contributed by atoms with Crippen molar-refractivity contribution in [1.82, 2.24) is 0 Å². The van der Waals surface area contributed by atoms with Crippen LogP contribution in [0.1, 0.15) is 141 Å². The van der Waals surface area contributed by atoms with Gasteiger partial charge in [0.25, 0.3) is 10.1 Å². The van der Waals surface area contributed by atoms with E-state index < -0.39 is 25.1 Å². The zero-order chi connectivity index (χ0) is 42.2. The van der Waals surface area contributed by atoms with Crippen LogP contribution in [0.15, 0.2) is 94.7 Å². The number of para-hydroxylation sites is 2. The smallest absolute Gasteiger partial charge is 0.872 e. The largest absolute Gasteiger partial charge is 2.00 e. The third-order valence-corrected chi connectivity index (χ3v) is 11.7. The van der Waals surface area contributed by atoms with Crippen molar-refractivity contribution in [2.45, 2.75) is 152 Å². The van der Waals surface area contributed by atoms with E-state index >= 15 is 0 Å². The van der Waals surface area contributed by atoms with Crippen molar-refractivity contribution in [3.63, 3.8) is 0 Å². The molecule has 0 radical (unpaired) electrons. The van der Waals surface area contributed by atoms with Crippen LogP contribution in [0.2, 0.25) is 0 Å². The first-order valence-corrected chi connectivity index (χ1v) is 23.8. The average Bonchev–Trinajstić information content (AvgIpc) is 3.16. The standard InChI is InChI=1S/2C23H32O5S.Ca/c2*1-2-3-4-5-6-7-8-9-11-14-19-17-20(24)18-22(23(19)29(25,26)27)28-21-15-12-10-13-16-21;/h2*10,12-13,15-18,24H,2-9,11,14H2,1H3,(H,25,26,27);/q;;+2/p-2. The molecule has 0 atom stereocenters. The topological polar surface area (TPSA) is 173 Å². The van der Waals surface area contributed by atoms with E-state index in [0.29, 0.717) is 29.9 Å². The van der Waals surface area contributed by atoms with Gasteiger partial charge in [-0.05, 0) is 73.2 Å². The molecule has 0 heterocycles. The summed E-state index contributed by atoms with van der Waals surface area (Å²) in [5.74, 6) is 0.0896. The minimum atomic E-state index is -4.78. The quantitative estimate of drug-likeness (QED) is 0.0351. The Labute approximate surface area is 383 Å². The van der Waals surface area contributed by atoms with E-state index in [0.717, 1.165) is 51.0 Å². The third kappa shape index (κ3) is 20.5. The molecule has 0 amide bonds. The molecule has 13 heteroatoms. The number of phenolic OH excluding ortho intramolecular Hbond substituents is 1. The van der Waals surface area contributed by atoms with Crippen LogP contribution in [0, 0.1) is 0 Å². The van der Waals surface area contributed by atoms with Crippen LogP contribution in [-0.2, 0) is 33.1 Å². The van der Waals surface area contributed by atoms with Crippen LogP contribution < -0.4 is 14.6 Å². The van der Waals surface area contributed by atoms with Gasteiger partial charge in [-0.1, -0.05) is 159 Å². The number of phenols is 1. The maximum absolute atomic E-state index is 12.1. The van der Waals surface area contributed by atoms with Gasteiger partial charge in [-0.25, -0.2) is 8.42 Å². The summed E-state index contributed by atoms with van der Waals surface area (Å²) < 4.78 is 80.8. The second-order valence-electron chi connectivity index (χ2n) is 14.8. The number of aryl methyl sites for hydroxylation is 2. The fraction of sp³-hybridized carbons (Fsp3) is 0.478. The summed E-state index contributed by atoms with van der Waals surface area (Å²) in [7, 11) is -9.27. The molecule has 320 valence electrons. The van der Waals surface area contributed by atoms with E-state index in [1.165, 1.54) is 88.8 Å². The van der Waals surface area contributed by atoms with Gasteiger partial charge in [0.05, 0.1) is 0 Å². The molecule has 0 unspecified atom stereocenters. The summed E-state index contributed by atoms with van der Waals surface area (Å²) in [4.78, 5) is -0.681. The first kappa shape index (κ1) is 52.3. The van der Waals surface area contributed by atoms with Gasteiger partial charge in [0.1, 0.15) is 42.9 Å². The Kier molecular flexibility index (Phi) is 25.4. The predicted molar refractivity (Wildman–Crippen MR) is 232 cm³/mol. The number of aromatic hydroxyl groups is 1. The molecule has 0 aliphatic heterocycles. The Morgan fingerprint density at radius 1 is 0.525 bits per heavy atom. The van der Waals surface area contributed by atoms with Gasteiger partial charge in [0.15, 0.2) is 5.75 Å². The van der Waals surface area contributed by atoms with E-state index in [9.17, 15) is 36.2 Å². The molecule has 0 saturated heterocycles. The summed E-state index contributed by atoms with van der Waals surface area (Å²) in [6.45, 7) is 4.40. The molecule has 4 aromatic carbocycles. The van der Waals surface area contributed by atoms with Gasteiger partial charge < -0.3 is 24.2 Å². The van der Waals surface area contributed by atoms with Crippen molar-refractivity contribution in [2.75, 3.05) is 0 Å². The average molecular weight is 879 g/mol. The summed E-state index contributed by atoms with van der Waals surface area (Å²) in [5.41, 5.74) is 0.628. The number of hydrogen-bond donors (Lipinski definition) is 2. The van der Waals surface area contributed by atoms with Crippen LogP contribution in [0.4, 0.5) is 0 Å². The van der Waals surface area contributed by atoms with Crippen molar-refractivity contribution < 1.29 is 45.6 Å². The maximum atomic E-state index is 12.1. The first-order chi connectivity index (χ1) is 27.8. The molecule has 0 aliphatic carbocycles. The van der Waals surface area contributed by atoms with Crippen LogP contribution >= 0.6 is 0 Å². The number of hydrogen-bond acceptors (Lipinski definition) is 9. The molecular formula is C46H62CaO10S2. The SMILES string of the molecule is CCCCCCCCCCCc1cc(O)cc(Oc2ccccc2)c1S(=O)(=O)O.CCCCCCCCCCCc1cc([O-])cc(Oc2ccccc2)c1S(=O)(=O)[O-].[Ca+2]. The molecule has 0 fully saturated rings. The Bertz CT molecular complexity index is 1850. The van der Waals surface area contributed by atoms with Crippen molar-refractivity contribution in [1.29, 1.82) is 0 Å². The molecule has 0 bridgehead atoms. The molecule has 4 rings (SSSR count). The summed E-state index contributed by atoms with van der Waals surface area (Å²) in [6.07, 6.45) is 21.3. The molecule has 59 heavy (non-hydrogen) atoms. The van der Waals surface area contributed by atoms with Crippen molar-refractivity contribution >= 4 is 58.0 Å². The summed E-state index contributed by atoms with van der Waals surface area (Å²) >= 11 is 0. The molecule has 0 aromatic heterocycles. The van der Waals surface area contributed by atoms with Crippen molar-refractivity contribution in [2.24, 2.45) is 0 Å². The van der Waals surface area contributed by atoms with E-state index in [2.05, 4.69) is 13.8 Å². The molecule has 0 aliphatic rings. The number of unbranched alkanes of at least 4 members (excludes halogenated alkanes) is 16. The molecular weight excluding hydrogens is 817 g/mol. The van der Waals surface area contributed by atoms with Crippen LogP contribution in [0.3, 0.4) is 0 Å². The molecule has 10 nitrogen and oxygen atoms in total. The fourth-order valence-electron chi connectivity index (χ4n) is 6.86. The molecule has 0 spiro atoms.